The zero-order valence-electron chi connectivity index (χ0n) is 14.4. The minimum Gasteiger partial charge on any atom is -0.439 e. The highest BCUT2D eigenvalue weighted by Crippen LogP contribution is 2.20. The summed E-state index contributed by atoms with van der Waals surface area (Å²) in [5.41, 5.74) is 1.39. The SMILES string of the molecule is Cc1ccc(C)c(S(=O)(=O)NCC(=O)N2CC(N3C(=O)COC3=O)C2)c1. The van der Waals surface area contributed by atoms with Crippen molar-refractivity contribution in [2.45, 2.75) is 24.8 Å². The quantitative estimate of drug-likeness (QED) is 0.754. The first-order chi connectivity index (χ1) is 12.2. The maximum Gasteiger partial charge on any atom is 0.417 e. The molecule has 1 aromatic carbocycles. The monoisotopic (exact) mass is 381 g/mol. The lowest BCUT2D eigenvalue weighted by Crippen LogP contribution is -2.63. The smallest absolute Gasteiger partial charge is 0.417 e. The Morgan fingerprint density at radius 1 is 1.27 bits per heavy atom. The number of ether oxygens (including phenoxy) is 1. The van der Waals surface area contributed by atoms with Crippen LogP contribution in [0.5, 0.6) is 0 Å². The van der Waals surface area contributed by atoms with E-state index >= 15 is 0 Å². The molecule has 0 unspecified atom stereocenters. The van der Waals surface area contributed by atoms with Gasteiger partial charge < -0.3 is 9.64 Å². The summed E-state index contributed by atoms with van der Waals surface area (Å²) in [4.78, 5) is 37.7. The van der Waals surface area contributed by atoms with Crippen molar-refractivity contribution in [3.8, 4) is 0 Å². The molecule has 0 spiro atoms. The van der Waals surface area contributed by atoms with E-state index in [2.05, 4.69) is 9.46 Å². The summed E-state index contributed by atoms with van der Waals surface area (Å²) >= 11 is 0. The van der Waals surface area contributed by atoms with Crippen molar-refractivity contribution in [1.29, 1.82) is 0 Å². The van der Waals surface area contributed by atoms with E-state index in [0.717, 1.165) is 10.5 Å². The summed E-state index contributed by atoms with van der Waals surface area (Å²) in [6.45, 7) is 3.14. The van der Waals surface area contributed by atoms with E-state index in [0.29, 0.717) is 5.56 Å². The number of hydrogen-bond donors (Lipinski definition) is 1. The van der Waals surface area contributed by atoms with Gasteiger partial charge in [-0.2, -0.15) is 0 Å². The van der Waals surface area contributed by atoms with Crippen LogP contribution in [-0.2, 0) is 24.3 Å². The molecule has 10 heteroatoms. The van der Waals surface area contributed by atoms with Gasteiger partial charge in [-0.05, 0) is 31.0 Å². The van der Waals surface area contributed by atoms with Crippen molar-refractivity contribution in [2.24, 2.45) is 0 Å². The topological polar surface area (TPSA) is 113 Å². The number of sulfonamides is 1. The van der Waals surface area contributed by atoms with Gasteiger partial charge in [0.15, 0.2) is 6.61 Å². The Kier molecular flexibility index (Phi) is 4.72. The Labute approximate surface area is 150 Å². The molecule has 2 saturated heterocycles. The fourth-order valence-corrected chi connectivity index (χ4v) is 4.18. The van der Waals surface area contributed by atoms with Crippen LogP contribution in [0.3, 0.4) is 0 Å². The van der Waals surface area contributed by atoms with Crippen LogP contribution < -0.4 is 4.72 Å². The van der Waals surface area contributed by atoms with Crippen LogP contribution in [0.1, 0.15) is 11.1 Å². The van der Waals surface area contributed by atoms with Gasteiger partial charge in [-0.25, -0.2) is 22.8 Å². The zero-order chi connectivity index (χ0) is 19.1. The van der Waals surface area contributed by atoms with E-state index in [1.54, 1.807) is 26.0 Å². The highest BCUT2D eigenvalue weighted by Gasteiger charge is 2.44. The number of carbonyl (C=O) groups excluding carboxylic acids is 3. The van der Waals surface area contributed by atoms with Gasteiger partial charge in [0.05, 0.1) is 17.5 Å². The maximum absolute atomic E-state index is 12.4. The number of aryl methyl sites for hydroxylation is 2. The van der Waals surface area contributed by atoms with E-state index in [1.165, 1.54) is 4.90 Å². The van der Waals surface area contributed by atoms with Crippen LogP contribution in [0.4, 0.5) is 4.79 Å². The number of amides is 3. The number of carbonyl (C=O) groups is 3. The molecule has 26 heavy (non-hydrogen) atoms. The Morgan fingerprint density at radius 2 is 1.96 bits per heavy atom. The van der Waals surface area contributed by atoms with Gasteiger partial charge in [-0.3, -0.25) is 9.59 Å². The predicted octanol–water partition coefficient (Wildman–Crippen LogP) is -0.229. The third kappa shape index (κ3) is 3.42. The van der Waals surface area contributed by atoms with E-state index in [1.807, 2.05) is 6.07 Å². The van der Waals surface area contributed by atoms with Crippen molar-refractivity contribution in [2.75, 3.05) is 26.2 Å². The number of hydrogen-bond acceptors (Lipinski definition) is 6. The molecule has 0 saturated carbocycles. The number of cyclic esters (lactones) is 1. The second-order valence-corrected chi connectivity index (χ2v) is 8.10. The normalized spacial score (nSPS) is 18.1. The lowest BCUT2D eigenvalue weighted by Gasteiger charge is -2.41. The molecule has 0 aromatic heterocycles. The number of likely N-dealkylation sites (tertiary alicyclic amines) is 1. The van der Waals surface area contributed by atoms with Gasteiger partial charge in [0.25, 0.3) is 5.91 Å². The zero-order valence-corrected chi connectivity index (χ0v) is 15.2. The summed E-state index contributed by atoms with van der Waals surface area (Å²) in [5, 5.41) is 0. The van der Waals surface area contributed by atoms with E-state index in [4.69, 9.17) is 0 Å². The number of benzene rings is 1. The van der Waals surface area contributed by atoms with Crippen molar-refractivity contribution in [1.82, 2.24) is 14.5 Å². The summed E-state index contributed by atoms with van der Waals surface area (Å²) in [6, 6.07) is 4.64. The Hall–Kier alpha value is -2.46. The van der Waals surface area contributed by atoms with Crippen molar-refractivity contribution < 1.29 is 27.5 Å². The minimum absolute atomic E-state index is 0.136. The molecule has 2 fully saturated rings. The summed E-state index contributed by atoms with van der Waals surface area (Å²) in [5.74, 6) is -0.849. The van der Waals surface area contributed by atoms with E-state index in [9.17, 15) is 22.8 Å². The number of nitrogens with one attached hydrogen (secondary N) is 1. The Morgan fingerprint density at radius 3 is 2.58 bits per heavy atom. The Balaban J connectivity index is 1.56. The van der Waals surface area contributed by atoms with E-state index < -0.39 is 34.0 Å². The summed E-state index contributed by atoms with van der Waals surface area (Å²) < 4.78 is 31.7. The molecule has 3 rings (SSSR count). The van der Waals surface area contributed by atoms with Crippen molar-refractivity contribution in [3.05, 3.63) is 29.3 Å². The first-order valence-corrected chi connectivity index (χ1v) is 9.51. The standard InChI is InChI=1S/C16H19N3O6S/c1-10-3-4-11(2)13(5-10)26(23,24)17-6-14(20)18-7-12(8-18)19-15(21)9-25-16(19)22/h3-5,12,17H,6-9H2,1-2H3. The summed E-state index contributed by atoms with van der Waals surface area (Å²) in [6.07, 6.45) is -0.706. The second-order valence-electron chi connectivity index (χ2n) is 6.36. The molecule has 0 atom stereocenters. The highest BCUT2D eigenvalue weighted by molar-refractivity contribution is 7.89. The molecule has 140 valence electrons. The molecular formula is C16H19N3O6S. The van der Waals surface area contributed by atoms with Crippen LogP contribution in [0.25, 0.3) is 0 Å². The highest BCUT2D eigenvalue weighted by atomic mass is 32.2. The number of nitrogens with zero attached hydrogens (tertiary/aromatic N) is 2. The maximum atomic E-state index is 12.4. The molecule has 1 aromatic rings. The van der Waals surface area contributed by atoms with Crippen LogP contribution >= 0.6 is 0 Å². The van der Waals surface area contributed by atoms with Crippen molar-refractivity contribution >= 4 is 27.9 Å². The third-order valence-corrected chi connectivity index (χ3v) is 5.95. The molecule has 2 aliphatic rings. The summed E-state index contributed by atoms with van der Waals surface area (Å²) in [7, 11) is -3.81. The molecule has 3 amide bonds. The first kappa shape index (κ1) is 18.3. The van der Waals surface area contributed by atoms with Crippen LogP contribution in [0.2, 0.25) is 0 Å². The van der Waals surface area contributed by atoms with Gasteiger partial charge in [0, 0.05) is 13.1 Å². The van der Waals surface area contributed by atoms with Gasteiger partial charge in [-0.15, -0.1) is 0 Å². The van der Waals surface area contributed by atoms with Gasteiger partial charge in [0.1, 0.15) is 0 Å². The van der Waals surface area contributed by atoms with Crippen LogP contribution in [-0.4, -0.2) is 68.4 Å². The molecule has 2 heterocycles. The molecular weight excluding hydrogens is 362 g/mol. The first-order valence-electron chi connectivity index (χ1n) is 8.02. The predicted molar refractivity (Wildman–Crippen MR) is 89.7 cm³/mol. The van der Waals surface area contributed by atoms with Gasteiger partial charge in [-0.1, -0.05) is 12.1 Å². The van der Waals surface area contributed by atoms with Crippen molar-refractivity contribution in [3.63, 3.8) is 0 Å². The van der Waals surface area contributed by atoms with E-state index in [-0.39, 0.29) is 31.1 Å². The number of imide groups is 1. The third-order valence-electron chi connectivity index (χ3n) is 4.41. The Bertz CT molecular complexity index is 860. The molecule has 0 bridgehead atoms. The minimum atomic E-state index is -3.81. The lowest BCUT2D eigenvalue weighted by molar-refractivity contribution is -0.141. The van der Waals surface area contributed by atoms with Gasteiger partial charge in [0.2, 0.25) is 15.9 Å². The fourth-order valence-electron chi connectivity index (χ4n) is 2.88. The molecule has 2 aliphatic heterocycles. The average Bonchev–Trinajstić information content (AvgIpc) is 2.86. The van der Waals surface area contributed by atoms with Crippen LogP contribution in [0.15, 0.2) is 23.1 Å². The average molecular weight is 381 g/mol. The largest absolute Gasteiger partial charge is 0.439 e. The lowest BCUT2D eigenvalue weighted by atomic mass is 10.1. The molecule has 9 nitrogen and oxygen atoms in total. The fraction of sp³-hybridized carbons (Fsp3) is 0.438. The molecule has 0 aliphatic carbocycles. The molecule has 1 N–H and O–H groups in total. The van der Waals surface area contributed by atoms with Crippen LogP contribution in [0, 0.1) is 13.8 Å². The number of rotatable bonds is 5. The second kappa shape index (κ2) is 6.69. The molecule has 0 radical (unpaired) electrons. The van der Waals surface area contributed by atoms with Gasteiger partial charge >= 0.3 is 6.09 Å².